The SMILES string of the molecule is CC(C)NC(=O)N1CCN(CC(C)NC(=O)N2CCOCC2)CC1. The van der Waals surface area contributed by atoms with E-state index in [2.05, 4.69) is 15.5 Å². The largest absolute Gasteiger partial charge is 0.378 e. The van der Waals surface area contributed by atoms with Crippen LogP contribution in [0.2, 0.25) is 0 Å². The Morgan fingerprint density at radius 2 is 1.42 bits per heavy atom. The molecule has 0 aromatic rings. The lowest BCUT2D eigenvalue weighted by Gasteiger charge is -2.36. The third-order valence-electron chi connectivity index (χ3n) is 4.27. The number of amides is 4. The fourth-order valence-electron chi connectivity index (χ4n) is 2.97. The highest BCUT2D eigenvalue weighted by atomic mass is 16.5. The molecule has 0 aromatic heterocycles. The Labute approximate surface area is 144 Å². The molecule has 0 spiro atoms. The first-order valence-electron chi connectivity index (χ1n) is 8.86. The predicted octanol–water partition coefficient (Wildman–Crippen LogP) is 0.152. The van der Waals surface area contributed by atoms with Gasteiger partial charge in [0.1, 0.15) is 0 Å². The number of hydrogen-bond acceptors (Lipinski definition) is 4. The number of morpholine rings is 1. The quantitative estimate of drug-likeness (QED) is 0.763. The number of nitrogens with one attached hydrogen (secondary N) is 2. The van der Waals surface area contributed by atoms with E-state index >= 15 is 0 Å². The molecule has 8 heteroatoms. The van der Waals surface area contributed by atoms with Crippen molar-refractivity contribution in [3.63, 3.8) is 0 Å². The van der Waals surface area contributed by atoms with E-state index in [0.29, 0.717) is 26.3 Å². The van der Waals surface area contributed by atoms with E-state index in [-0.39, 0.29) is 24.1 Å². The molecule has 0 saturated carbocycles. The predicted molar refractivity (Wildman–Crippen MR) is 92.1 cm³/mol. The van der Waals surface area contributed by atoms with Crippen LogP contribution in [0, 0.1) is 0 Å². The van der Waals surface area contributed by atoms with Gasteiger partial charge in [-0.15, -0.1) is 0 Å². The van der Waals surface area contributed by atoms with E-state index < -0.39 is 0 Å². The third kappa shape index (κ3) is 5.83. The zero-order chi connectivity index (χ0) is 17.5. The Bertz CT molecular complexity index is 418. The molecule has 2 N–H and O–H groups in total. The van der Waals surface area contributed by atoms with Crippen LogP contribution in [-0.2, 0) is 4.74 Å². The van der Waals surface area contributed by atoms with Crippen molar-refractivity contribution in [2.75, 3.05) is 59.0 Å². The summed E-state index contributed by atoms with van der Waals surface area (Å²) in [4.78, 5) is 30.1. The van der Waals surface area contributed by atoms with Crippen LogP contribution >= 0.6 is 0 Å². The minimum Gasteiger partial charge on any atom is -0.378 e. The maximum Gasteiger partial charge on any atom is 0.317 e. The second-order valence-electron chi connectivity index (χ2n) is 6.84. The molecular weight excluding hydrogens is 310 g/mol. The van der Waals surface area contributed by atoms with Crippen LogP contribution in [0.5, 0.6) is 0 Å². The smallest absolute Gasteiger partial charge is 0.317 e. The molecule has 8 nitrogen and oxygen atoms in total. The second kappa shape index (κ2) is 9.08. The number of piperazine rings is 1. The molecule has 2 rings (SSSR count). The van der Waals surface area contributed by atoms with Gasteiger partial charge in [-0.1, -0.05) is 0 Å². The Morgan fingerprint density at radius 1 is 0.875 bits per heavy atom. The van der Waals surface area contributed by atoms with Crippen molar-refractivity contribution >= 4 is 12.1 Å². The zero-order valence-corrected chi connectivity index (χ0v) is 15.1. The second-order valence-corrected chi connectivity index (χ2v) is 6.84. The van der Waals surface area contributed by atoms with Crippen LogP contribution < -0.4 is 10.6 Å². The van der Waals surface area contributed by atoms with Crippen LogP contribution in [0.25, 0.3) is 0 Å². The summed E-state index contributed by atoms with van der Waals surface area (Å²) < 4.78 is 5.26. The van der Waals surface area contributed by atoms with E-state index in [9.17, 15) is 9.59 Å². The topological polar surface area (TPSA) is 77.2 Å². The Kier molecular flexibility index (Phi) is 7.11. The first-order valence-corrected chi connectivity index (χ1v) is 8.86. The van der Waals surface area contributed by atoms with Gasteiger partial charge in [0.2, 0.25) is 0 Å². The number of rotatable bonds is 4. The summed E-state index contributed by atoms with van der Waals surface area (Å²) in [6, 6.07) is 0.237. The van der Waals surface area contributed by atoms with E-state index in [4.69, 9.17) is 4.74 Å². The number of ether oxygens (including phenoxy) is 1. The van der Waals surface area contributed by atoms with Crippen molar-refractivity contribution in [1.29, 1.82) is 0 Å². The van der Waals surface area contributed by atoms with Crippen LogP contribution in [0.1, 0.15) is 20.8 Å². The third-order valence-corrected chi connectivity index (χ3v) is 4.27. The first kappa shape index (κ1) is 18.8. The van der Waals surface area contributed by atoms with Gasteiger partial charge >= 0.3 is 12.1 Å². The summed E-state index contributed by atoms with van der Waals surface area (Å²) in [5.74, 6) is 0. The lowest BCUT2D eigenvalue weighted by atomic mass is 10.2. The molecule has 2 heterocycles. The Balaban J connectivity index is 1.67. The highest BCUT2D eigenvalue weighted by Gasteiger charge is 2.24. The summed E-state index contributed by atoms with van der Waals surface area (Å²) in [5.41, 5.74) is 0. The molecule has 2 aliphatic rings. The lowest BCUT2D eigenvalue weighted by molar-refractivity contribution is 0.0520. The van der Waals surface area contributed by atoms with Crippen molar-refractivity contribution in [1.82, 2.24) is 25.3 Å². The number of carbonyl (C=O) groups excluding carboxylic acids is 2. The van der Waals surface area contributed by atoms with Gasteiger partial charge in [0, 0.05) is 57.9 Å². The van der Waals surface area contributed by atoms with Crippen molar-refractivity contribution < 1.29 is 14.3 Å². The molecule has 24 heavy (non-hydrogen) atoms. The summed E-state index contributed by atoms with van der Waals surface area (Å²) >= 11 is 0. The normalized spacial score (nSPS) is 20.8. The minimum atomic E-state index is -0.0132. The van der Waals surface area contributed by atoms with Crippen molar-refractivity contribution in [2.45, 2.75) is 32.9 Å². The number of carbonyl (C=O) groups is 2. The van der Waals surface area contributed by atoms with Gasteiger partial charge in [0.05, 0.1) is 13.2 Å². The maximum atomic E-state index is 12.2. The van der Waals surface area contributed by atoms with Gasteiger partial charge in [-0.05, 0) is 20.8 Å². The molecule has 2 aliphatic heterocycles. The molecule has 0 aromatic carbocycles. The van der Waals surface area contributed by atoms with Gasteiger partial charge in [-0.3, -0.25) is 4.90 Å². The molecule has 1 unspecified atom stereocenters. The van der Waals surface area contributed by atoms with Gasteiger partial charge < -0.3 is 25.2 Å². The first-order chi connectivity index (χ1) is 11.5. The number of hydrogen-bond donors (Lipinski definition) is 2. The van der Waals surface area contributed by atoms with Crippen molar-refractivity contribution in [2.24, 2.45) is 0 Å². The fourth-order valence-corrected chi connectivity index (χ4v) is 2.97. The zero-order valence-electron chi connectivity index (χ0n) is 15.1. The summed E-state index contributed by atoms with van der Waals surface area (Å²) in [5, 5.41) is 5.98. The average molecular weight is 341 g/mol. The van der Waals surface area contributed by atoms with Crippen molar-refractivity contribution in [3.05, 3.63) is 0 Å². The molecule has 2 fully saturated rings. The van der Waals surface area contributed by atoms with E-state index in [1.165, 1.54) is 0 Å². The van der Waals surface area contributed by atoms with Crippen molar-refractivity contribution in [3.8, 4) is 0 Å². The molecule has 1 atom stereocenters. The monoisotopic (exact) mass is 341 g/mol. The number of nitrogens with zero attached hydrogens (tertiary/aromatic N) is 3. The minimum absolute atomic E-state index is 0.0123. The van der Waals surface area contributed by atoms with Gasteiger partial charge in [-0.2, -0.15) is 0 Å². The van der Waals surface area contributed by atoms with Crippen LogP contribution in [0.4, 0.5) is 9.59 Å². The molecule has 0 radical (unpaired) electrons. The summed E-state index contributed by atoms with van der Waals surface area (Å²) in [6.45, 7) is 12.4. The maximum absolute atomic E-state index is 12.2. The van der Waals surface area contributed by atoms with Crippen LogP contribution in [0.3, 0.4) is 0 Å². The summed E-state index contributed by atoms with van der Waals surface area (Å²) in [6.07, 6.45) is 0. The molecule has 138 valence electrons. The van der Waals surface area contributed by atoms with Gasteiger partial charge in [-0.25, -0.2) is 9.59 Å². The molecular formula is C16H31N5O3. The molecule has 2 saturated heterocycles. The lowest BCUT2D eigenvalue weighted by Crippen LogP contribution is -2.56. The number of urea groups is 2. The average Bonchev–Trinajstić information content (AvgIpc) is 2.55. The Hall–Kier alpha value is -1.54. The van der Waals surface area contributed by atoms with Gasteiger partial charge in [0.25, 0.3) is 0 Å². The Morgan fingerprint density at radius 3 is 2.00 bits per heavy atom. The molecule has 4 amide bonds. The van der Waals surface area contributed by atoms with Crippen LogP contribution in [-0.4, -0.2) is 97.9 Å². The van der Waals surface area contributed by atoms with Crippen LogP contribution in [0.15, 0.2) is 0 Å². The standard InChI is InChI=1S/C16H31N5O3/c1-13(2)17-15(22)20-6-4-19(5-7-20)12-14(3)18-16(23)21-8-10-24-11-9-21/h13-14H,4-12H2,1-3H3,(H,17,22)(H,18,23). The fraction of sp³-hybridized carbons (Fsp3) is 0.875. The molecule has 0 bridgehead atoms. The highest BCUT2D eigenvalue weighted by molar-refractivity contribution is 5.75. The molecule has 0 aliphatic carbocycles. The van der Waals surface area contributed by atoms with Gasteiger partial charge in [0.15, 0.2) is 0 Å². The van der Waals surface area contributed by atoms with E-state index in [0.717, 1.165) is 32.7 Å². The van der Waals surface area contributed by atoms with E-state index in [1.54, 1.807) is 4.90 Å². The summed E-state index contributed by atoms with van der Waals surface area (Å²) in [7, 11) is 0. The highest BCUT2D eigenvalue weighted by Crippen LogP contribution is 2.04. The van der Waals surface area contributed by atoms with E-state index in [1.807, 2.05) is 25.7 Å².